The number of benzene rings is 3. The van der Waals surface area contributed by atoms with Gasteiger partial charge in [-0.2, -0.15) is 0 Å². The van der Waals surface area contributed by atoms with Gasteiger partial charge in [0.1, 0.15) is 17.6 Å². The number of aliphatic hydroxyl groups excluding tert-OH is 1. The second-order valence-electron chi connectivity index (χ2n) is 6.27. The molecule has 0 bridgehead atoms. The summed E-state index contributed by atoms with van der Waals surface area (Å²) in [5, 5.41) is 23.3. The van der Waals surface area contributed by atoms with Gasteiger partial charge in [-0.1, -0.05) is 59.9 Å². The van der Waals surface area contributed by atoms with Gasteiger partial charge in [-0.25, -0.2) is 0 Å². The molecule has 0 radical (unpaired) electrons. The third-order valence-corrected chi connectivity index (χ3v) is 5.11. The molecule has 4 rings (SSSR count). The summed E-state index contributed by atoms with van der Waals surface area (Å²) in [4.78, 5) is 0. The minimum atomic E-state index is -0.790. The number of nitrogens with zero attached hydrogens (tertiary/aromatic N) is 2. The molecule has 6 heteroatoms. The first-order valence-electron chi connectivity index (χ1n) is 8.86. The summed E-state index contributed by atoms with van der Waals surface area (Å²) in [7, 11) is 0. The number of nitrogens with one attached hydrogen (secondary N) is 1. The fourth-order valence-corrected chi connectivity index (χ4v) is 3.58. The van der Waals surface area contributed by atoms with Crippen molar-refractivity contribution in [3.05, 3.63) is 95.0 Å². The van der Waals surface area contributed by atoms with Crippen LogP contribution in [0.1, 0.15) is 22.2 Å². The maximum absolute atomic E-state index is 10.6. The van der Waals surface area contributed by atoms with Crippen molar-refractivity contribution in [1.29, 1.82) is 0 Å². The Kier molecular flexibility index (Phi) is 5.32. The highest BCUT2D eigenvalue weighted by atomic mass is 32.1. The Morgan fingerprint density at radius 3 is 2.46 bits per heavy atom. The number of rotatable bonds is 6. The molecule has 0 aliphatic heterocycles. The molecule has 2 N–H and O–H groups in total. The largest absolute Gasteiger partial charge is 0.457 e. The van der Waals surface area contributed by atoms with Crippen molar-refractivity contribution in [1.82, 2.24) is 10.2 Å². The molecule has 4 aromatic rings. The fourth-order valence-electron chi connectivity index (χ4n) is 2.81. The molecule has 0 saturated carbocycles. The van der Waals surface area contributed by atoms with Gasteiger partial charge in [-0.05, 0) is 42.3 Å². The first-order chi connectivity index (χ1) is 13.7. The van der Waals surface area contributed by atoms with E-state index in [0.717, 1.165) is 28.3 Å². The van der Waals surface area contributed by atoms with Gasteiger partial charge in [0.2, 0.25) is 5.13 Å². The molecular formula is C22H19N3O2S. The Labute approximate surface area is 167 Å². The average molecular weight is 389 g/mol. The molecule has 0 spiro atoms. The van der Waals surface area contributed by atoms with Gasteiger partial charge in [0.25, 0.3) is 0 Å². The standard InChI is InChI=1S/C22H19N3O2S/c1-15-8-5-6-13-19(15)20(26)21-24-25-22(28-21)23-16-9-7-12-18(14-16)27-17-10-3-2-4-11-17/h2-14,20,26H,1H3,(H,23,25). The number of hydrogen-bond acceptors (Lipinski definition) is 6. The molecule has 0 saturated heterocycles. The van der Waals surface area contributed by atoms with Crippen LogP contribution in [-0.2, 0) is 0 Å². The zero-order valence-electron chi connectivity index (χ0n) is 15.2. The predicted molar refractivity (Wildman–Crippen MR) is 111 cm³/mol. The molecule has 0 amide bonds. The summed E-state index contributed by atoms with van der Waals surface area (Å²) in [6, 6.07) is 25.0. The number of aromatic nitrogens is 2. The van der Waals surface area contributed by atoms with E-state index in [-0.39, 0.29) is 0 Å². The van der Waals surface area contributed by atoms with E-state index in [1.165, 1.54) is 11.3 Å². The molecule has 1 unspecified atom stereocenters. The van der Waals surface area contributed by atoms with Crippen LogP contribution in [0.5, 0.6) is 11.5 Å². The van der Waals surface area contributed by atoms with Gasteiger partial charge in [-0.15, -0.1) is 10.2 Å². The quantitative estimate of drug-likeness (QED) is 0.458. The lowest BCUT2D eigenvalue weighted by molar-refractivity contribution is 0.218. The number of ether oxygens (including phenoxy) is 1. The summed E-state index contributed by atoms with van der Waals surface area (Å²) in [6.07, 6.45) is -0.790. The summed E-state index contributed by atoms with van der Waals surface area (Å²) in [5.41, 5.74) is 2.69. The fraction of sp³-hybridized carbons (Fsp3) is 0.0909. The van der Waals surface area contributed by atoms with E-state index in [1.807, 2.05) is 85.8 Å². The van der Waals surface area contributed by atoms with Crippen LogP contribution in [0.3, 0.4) is 0 Å². The van der Waals surface area contributed by atoms with Gasteiger partial charge in [-0.3, -0.25) is 0 Å². The van der Waals surface area contributed by atoms with E-state index in [1.54, 1.807) is 0 Å². The monoisotopic (exact) mass is 389 g/mol. The molecule has 1 atom stereocenters. The maximum atomic E-state index is 10.6. The lowest BCUT2D eigenvalue weighted by Gasteiger charge is -2.10. The Hall–Kier alpha value is -3.22. The highest BCUT2D eigenvalue weighted by molar-refractivity contribution is 7.15. The summed E-state index contributed by atoms with van der Waals surface area (Å²) in [5.74, 6) is 1.50. The third-order valence-electron chi connectivity index (χ3n) is 4.22. The molecule has 1 aromatic heterocycles. The summed E-state index contributed by atoms with van der Waals surface area (Å²) >= 11 is 1.33. The second kappa shape index (κ2) is 8.21. The van der Waals surface area contributed by atoms with Crippen molar-refractivity contribution in [2.24, 2.45) is 0 Å². The maximum Gasteiger partial charge on any atom is 0.210 e. The number of hydrogen-bond donors (Lipinski definition) is 2. The van der Waals surface area contributed by atoms with Crippen LogP contribution in [0.2, 0.25) is 0 Å². The highest BCUT2D eigenvalue weighted by Gasteiger charge is 2.17. The number of aryl methyl sites for hydroxylation is 1. The lowest BCUT2D eigenvalue weighted by Crippen LogP contribution is -2.01. The van der Waals surface area contributed by atoms with Crippen LogP contribution in [0.4, 0.5) is 10.8 Å². The van der Waals surface area contributed by atoms with E-state index in [0.29, 0.717) is 10.1 Å². The zero-order chi connectivity index (χ0) is 19.3. The number of aliphatic hydroxyl groups is 1. The first kappa shape index (κ1) is 18.2. The average Bonchev–Trinajstić information content (AvgIpc) is 3.17. The number of anilines is 2. The van der Waals surface area contributed by atoms with Gasteiger partial charge in [0.05, 0.1) is 0 Å². The van der Waals surface area contributed by atoms with Crippen LogP contribution in [-0.4, -0.2) is 15.3 Å². The molecule has 0 aliphatic carbocycles. The molecule has 0 fully saturated rings. The van der Waals surface area contributed by atoms with Crippen LogP contribution in [0, 0.1) is 6.92 Å². The normalized spacial score (nSPS) is 11.8. The van der Waals surface area contributed by atoms with Crippen molar-refractivity contribution in [3.63, 3.8) is 0 Å². The smallest absolute Gasteiger partial charge is 0.210 e. The lowest BCUT2D eigenvalue weighted by atomic mass is 10.0. The molecule has 0 aliphatic rings. The highest BCUT2D eigenvalue weighted by Crippen LogP contribution is 2.31. The Balaban J connectivity index is 1.48. The first-order valence-corrected chi connectivity index (χ1v) is 9.68. The molecule has 140 valence electrons. The van der Waals surface area contributed by atoms with Crippen molar-refractivity contribution < 1.29 is 9.84 Å². The SMILES string of the molecule is Cc1ccccc1C(O)c1nnc(Nc2cccc(Oc3ccccc3)c2)s1. The van der Waals surface area contributed by atoms with Crippen molar-refractivity contribution >= 4 is 22.2 Å². The van der Waals surface area contributed by atoms with E-state index < -0.39 is 6.10 Å². The van der Waals surface area contributed by atoms with E-state index in [9.17, 15) is 5.11 Å². The van der Waals surface area contributed by atoms with Crippen LogP contribution in [0.15, 0.2) is 78.9 Å². The molecule has 28 heavy (non-hydrogen) atoms. The zero-order valence-corrected chi connectivity index (χ0v) is 16.1. The third kappa shape index (κ3) is 4.19. The molecule has 1 heterocycles. The van der Waals surface area contributed by atoms with Crippen molar-refractivity contribution in [2.75, 3.05) is 5.32 Å². The van der Waals surface area contributed by atoms with E-state index in [2.05, 4.69) is 15.5 Å². The molecule has 5 nitrogen and oxygen atoms in total. The van der Waals surface area contributed by atoms with Crippen LogP contribution >= 0.6 is 11.3 Å². The van der Waals surface area contributed by atoms with Crippen LogP contribution < -0.4 is 10.1 Å². The summed E-state index contributed by atoms with van der Waals surface area (Å²) in [6.45, 7) is 1.97. The van der Waals surface area contributed by atoms with Crippen molar-refractivity contribution in [2.45, 2.75) is 13.0 Å². The Bertz CT molecular complexity index is 1070. The van der Waals surface area contributed by atoms with Gasteiger partial charge < -0.3 is 15.2 Å². The van der Waals surface area contributed by atoms with Crippen molar-refractivity contribution in [3.8, 4) is 11.5 Å². The Morgan fingerprint density at radius 2 is 1.64 bits per heavy atom. The molecule has 3 aromatic carbocycles. The minimum Gasteiger partial charge on any atom is -0.457 e. The van der Waals surface area contributed by atoms with Gasteiger partial charge in [0, 0.05) is 11.8 Å². The number of para-hydroxylation sites is 1. The topological polar surface area (TPSA) is 67.3 Å². The second-order valence-corrected chi connectivity index (χ2v) is 7.28. The molecular weight excluding hydrogens is 370 g/mol. The van der Waals surface area contributed by atoms with Gasteiger partial charge >= 0.3 is 0 Å². The Morgan fingerprint density at radius 1 is 0.893 bits per heavy atom. The van der Waals surface area contributed by atoms with Gasteiger partial charge in [0.15, 0.2) is 5.01 Å². The van der Waals surface area contributed by atoms with E-state index in [4.69, 9.17) is 4.74 Å². The minimum absolute atomic E-state index is 0.550. The van der Waals surface area contributed by atoms with E-state index >= 15 is 0 Å². The predicted octanol–water partition coefficient (Wildman–Crippen LogP) is 5.46. The van der Waals surface area contributed by atoms with Crippen LogP contribution in [0.25, 0.3) is 0 Å². The summed E-state index contributed by atoms with van der Waals surface area (Å²) < 4.78 is 5.86.